The highest BCUT2D eigenvalue weighted by Gasteiger charge is 2.10. The summed E-state index contributed by atoms with van der Waals surface area (Å²) in [7, 11) is 4.71. The molecule has 0 aliphatic heterocycles. The fourth-order valence-corrected chi connectivity index (χ4v) is 3.27. The maximum atomic E-state index is 11.3. The number of methoxy groups -OCH3 is 3. The van der Waals surface area contributed by atoms with E-state index in [2.05, 4.69) is 12.6 Å². The summed E-state index contributed by atoms with van der Waals surface area (Å²) < 4.78 is 27.1. The van der Waals surface area contributed by atoms with Crippen LogP contribution in [0.2, 0.25) is 0 Å². The number of carbonyl (C=O) groups excluding carboxylic acids is 1. The average molecular weight is 480 g/mol. The van der Waals surface area contributed by atoms with E-state index in [0.717, 1.165) is 36.8 Å². The van der Waals surface area contributed by atoms with Crippen molar-refractivity contribution in [3.8, 4) is 29.1 Å². The first kappa shape index (κ1) is 27.3. The van der Waals surface area contributed by atoms with Gasteiger partial charge in [0.25, 0.3) is 0 Å². The van der Waals surface area contributed by atoms with Gasteiger partial charge in [0.1, 0.15) is 0 Å². The number of nitriles is 1. The van der Waals surface area contributed by atoms with Crippen LogP contribution in [0.25, 0.3) is 11.6 Å². The molecule has 0 amide bonds. The molecule has 0 N–H and O–H groups in total. The van der Waals surface area contributed by atoms with Gasteiger partial charge in [-0.15, -0.1) is 0 Å². The molecule has 2 aromatic carbocycles. The lowest BCUT2D eigenvalue weighted by Crippen LogP contribution is -2.06. The number of esters is 1. The van der Waals surface area contributed by atoms with Gasteiger partial charge in [0, 0.05) is 5.57 Å². The van der Waals surface area contributed by atoms with Crippen molar-refractivity contribution in [3.63, 3.8) is 0 Å². The summed E-state index contributed by atoms with van der Waals surface area (Å²) in [5.41, 5.74) is 2.43. The van der Waals surface area contributed by atoms with Gasteiger partial charge in [-0.05, 0) is 80.1 Å². The van der Waals surface area contributed by atoms with E-state index in [9.17, 15) is 10.1 Å². The minimum atomic E-state index is -0.343. The van der Waals surface area contributed by atoms with Gasteiger partial charge in [0.2, 0.25) is 0 Å². The van der Waals surface area contributed by atoms with Crippen LogP contribution in [0.15, 0.2) is 48.6 Å². The number of unbranched alkanes of at least 4 members (excludes halogenated alkanes) is 3. The molecule has 0 aliphatic carbocycles. The van der Waals surface area contributed by atoms with Crippen LogP contribution in [-0.4, -0.2) is 40.5 Å². The van der Waals surface area contributed by atoms with Crippen molar-refractivity contribution in [1.29, 1.82) is 5.26 Å². The summed E-state index contributed by atoms with van der Waals surface area (Å²) >= 11 is 0. The number of hydrogen-bond acceptors (Lipinski definition) is 7. The maximum Gasteiger partial charge on any atom is 0.333 e. The van der Waals surface area contributed by atoms with E-state index in [0.29, 0.717) is 47.4 Å². The lowest BCUT2D eigenvalue weighted by molar-refractivity contribution is -0.139. The Labute approximate surface area is 207 Å². The molecule has 186 valence electrons. The SMILES string of the molecule is C=C(C)C(=O)OCCCCCCOc1ccc(/C=C(\C#N)c2ccc(OC)c(OC)c2)cc1OC. The Kier molecular flexibility index (Phi) is 11.2. The van der Waals surface area contributed by atoms with Crippen molar-refractivity contribution in [3.05, 3.63) is 59.7 Å². The molecule has 7 heteroatoms. The predicted octanol–water partition coefficient (Wildman–Crippen LogP) is 5.84. The van der Waals surface area contributed by atoms with Crippen molar-refractivity contribution < 1.29 is 28.5 Å². The van der Waals surface area contributed by atoms with Crippen LogP contribution >= 0.6 is 0 Å². The Morgan fingerprint density at radius 2 is 1.51 bits per heavy atom. The van der Waals surface area contributed by atoms with Gasteiger partial charge < -0.3 is 23.7 Å². The normalized spacial score (nSPS) is 10.8. The van der Waals surface area contributed by atoms with Crippen LogP contribution in [0.5, 0.6) is 23.0 Å². The van der Waals surface area contributed by atoms with Gasteiger partial charge in [-0.25, -0.2) is 4.79 Å². The second-order valence-electron chi connectivity index (χ2n) is 7.83. The zero-order valence-corrected chi connectivity index (χ0v) is 20.9. The molecule has 7 nitrogen and oxygen atoms in total. The first-order chi connectivity index (χ1) is 16.9. The number of benzene rings is 2. The highest BCUT2D eigenvalue weighted by atomic mass is 16.5. The largest absolute Gasteiger partial charge is 0.493 e. The van der Waals surface area contributed by atoms with Crippen molar-refractivity contribution >= 4 is 17.6 Å². The molecular formula is C28H33NO6. The number of carbonyl (C=O) groups is 1. The molecule has 2 rings (SSSR count). The van der Waals surface area contributed by atoms with Gasteiger partial charge in [0.05, 0.1) is 46.2 Å². The molecule has 0 atom stereocenters. The van der Waals surface area contributed by atoms with Crippen LogP contribution < -0.4 is 18.9 Å². The number of allylic oxidation sites excluding steroid dienone is 1. The van der Waals surface area contributed by atoms with E-state index in [1.54, 1.807) is 46.5 Å². The minimum absolute atomic E-state index is 0.343. The summed E-state index contributed by atoms with van der Waals surface area (Å²) in [5.74, 6) is 2.05. The molecule has 0 saturated heterocycles. The third kappa shape index (κ3) is 8.42. The lowest BCUT2D eigenvalue weighted by Gasteiger charge is -2.12. The highest BCUT2D eigenvalue weighted by Crippen LogP contribution is 2.33. The van der Waals surface area contributed by atoms with Crippen LogP contribution in [0.3, 0.4) is 0 Å². The van der Waals surface area contributed by atoms with E-state index in [1.165, 1.54) is 0 Å². The molecule has 0 aromatic heterocycles. The highest BCUT2D eigenvalue weighted by molar-refractivity contribution is 5.90. The summed E-state index contributed by atoms with van der Waals surface area (Å²) in [6.45, 7) is 6.15. The van der Waals surface area contributed by atoms with Crippen LogP contribution in [0, 0.1) is 11.3 Å². The Bertz CT molecular complexity index is 1080. The first-order valence-electron chi connectivity index (χ1n) is 11.4. The average Bonchev–Trinajstić information content (AvgIpc) is 2.88. The van der Waals surface area contributed by atoms with E-state index in [4.69, 9.17) is 23.7 Å². The zero-order chi connectivity index (χ0) is 25.6. The molecule has 0 spiro atoms. The van der Waals surface area contributed by atoms with Crippen LogP contribution in [-0.2, 0) is 9.53 Å². The second kappa shape index (κ2) is 14.4. The van der Waals surface area contributed by atoms with Crippen molar-refractivity contribution in [2.24, 2.45) is 0 Å². The third-order valence-electron chi connectivity index (χ3n) is 5.19. The van der Waals surface area contributed by atoms with Gasteiger partial charge in [0.15, 0.2) is 23.0 Å². The summed E-state index contributed by atoms with van der Waals surface area (Å²) in [6, 6.07) is 13.2. The molecule has 0 aliphatic rings. The van der Waals surface area contributed by atoms with E-state index in [1.807, 2.05) is 24.3 Å². The van der Waals surface area contributed by atoms with Gasteiger partial charge in [-0.1, -0.05) is 12.6 Å². The standard InChI is InChI=1S/C28H33NO6/c1-20(2)28(30)35-15-9-7-6-8-14-34-25-12-10-21(17-26(25)32-4)16-23(19-29)22-11-13-24(31-3)27(18-22)33-5/h10-13,16-18H,1,6-9,14-15H2,2-5H3/b23-16+. The Balaban J connectivity index is 1.94. The number of nitrogens with zero attached hydrogens (tertiary/aromatic N) is 1. The smallest absolute Gasteiger partial charge is 0.333 e. The second-order valence-corrected chi connectivity index (χ2v) is 7.83. The summed E-state index contributed by atoms with van der Waals surface area (Å²) in [4.78, 5) is 11.3. The fraction of sp³-hybridized carbons (Fsp3) is 0.357. The molecule has 0 saturated carbocycles. The van der Waals surface area contributed by atoms with E-state index in [-0.39, 0.29) is 5.97 Å². The molecule has 0 heterocycles. The predicted molar refractivity (Wildman–Crippen MR) is 136 cm³/mol. The monoisotopic (exact) mass is 479 g/mol. The van der Waals surface area contributed by atoms with Gasteiger partial charge >= 0.3 is 5.97 Å². The summed E-state index contributed by atoms with van der Waals surface area (Å²) in [6.07, 6.45) is 5.38. The first-order valence-corrected chi connectivity index (χ1v) is 11.4. The van der Waals surface area contributed by atoms with Crippen molar-refractivity contribution in [2.75, 3.05) is 34.5 Å². The Morgan fingerprint density at radius 3 is 2.14 bits per heavy atom. The molecule has 0 unspecified atom stereocenters. The third-order valence-corrected chi connectivity index (χ3v) is 5.19. The van der Waals surface area contributed by atoms with Crippen LogP contribution in [0.1, 0.15) is 43.7 Å². The molecule has 2 aromatic rings. The number of rotatable bonds is 14. The molecule has 35 heavy (non-hydrogen) atoms. The van der Waals surface area contributed by atoms with Gasteiger partial charge in [-0.3, -0.25) is 0 Å². The molecular weight excluding hydrogens is 446 g/mol. The van der Waals surface area contributed by atoms with Gasteiger partial charge in [-0.2, -0.15) is 5.26 Å². The Morgan fingerprint density at radius 1 is 0.886 bits per heavy atom. The van der Waals surface area contributed by atoms with Crippen LogP contribution in [0.4, 0.5) is 0 Å². The molecule has 0 bridgehead atoms. The zero-order valence-electron chi connectivity index (χ0n) is 20.9. The quantitative estimate of drug-likeness (QED) is 0.111. The number of ether oxygens (including phenoxy) is 5. The van der Waals surface area contributed by atoms with E-state index >= 15 is 0 Å². The number of hydrogen-bond donors (Lipinski definition) is 0. The summed E-state index contributed by atoms with van der Waals surface area (Å²) in [5, 5.41) is 9.71. The Hall–Kier alpha value is -3.92. The van der Waals surface area contributed by atoms with Crippen molar-refractivity contribution in [2.45, 2.75) is 32.6 Å². The van der Waals surface area contributed by atoms with E-state index < -0.39 is 0 Å². The molecule has 0 fully saturated rings. The maximum absolute atomic E-state index is 11.3. The minimum Gasteiger partial charge on any atom is -0.493 e. The topological polar surface area (TPSA) is 87.0 Å². The lowest BCUT2D eigenvalue weighted by atomic mass is 10.0. The molecule has 0 radical (unpaired) electrons. The fourth-order valence-electron chi connectivity index (χ4n) is 3.27. The van der Waals surface area contributed by atoms with Crippen molar-refractivity contribution in [1.82, 2.24) is 0 Å².